The Balaban J connectivity index is 2.01. The van der Waals surface area contributed by atoms with E-state index < -0.39 is 0 Å². The van der Waals surface area contributed by atoms with Crippen LogP contribution in [0.2, 0.25) is 5.02 Å². The molecule has 0 bridgehead atoms. The Morgan fingerprint density at radius 1 is 1.09 bits per heavy atom. The third kappa shape index (κ3) is 3.43. The first-order valence-electron chi connectivity index (χ1n) is 7.22. The van der Waals surface area contributed by atoms with Crippen LogP contribution in [0.1, 0.15) is 11.1 Å². The highest BCUT2D eigenvalue weighted by Crippen LogP contribution is 2.18. The van der Waals surface area contributed by atoms with Gasteiger partial charge in [-0.1, -0.05) is 35.9 Å². The lowest BCUT2D eigenvalue weighted by Crippen LogP contribution is -2.25. The summed E-state index contributed by atoms with van der Waals surface area (Å²) in [5.41, 5.74) is 9.61. The lowest BCUT2D eigenvalue weighted by atomic mass is 10.1. The quantitative estimate of drug-likeness (QED) is 0.750. The van der Waals surface area contributed by atoms with Crippen molar-refractivity contribution in [3.63, 3.8) is 0 Å². The maximum atomic E-state index is 12.3. The Labute approximate surface area is 139 Å². The summed E-state index contributed by atoms with van der Waals surface area (Å²) in [5, 5.41) is 5.15. The van der Waals surface area contributed by atoms with Gasteiger partial charge in [-0.2, -0.15) is 5.10 Å². The van der Waals surface area contributed by atoms with Crippen molar-refractivity contribution in [1.29, 1.82) is 0 Å². The molecule has 1 aromatic heterocycles. The summed E-state index contributed by atoms with van der Waals surface area (Å²) in [7, 11) is 0. The summed E-state index contributed by atoms with van der Waals surface area (Å²) in [5.74, 6) is 0. The van der Waals surface area contributed by atoms with E-state index in [0.29, 0.717) is 22.8 Å². The second kappa shape index (κ2) is 6.26. The Bertz CT molecular complexity index is 884. The average molecular weight is 326 g/mol. The molecule has 0 saturated heterocycles. The molecular formula is C18H16ClN3O. The molecule has 2 N–H and O–H groups in total. The van der Waals surface area contributed by atoms with Crippen LogP contribution in [0.4, 0.5) is 5.69 Å². The van der Waals surface area contributed by atoms with Gasteiger partial charge in [0, 0.05) is 21.8 Å². The number of hydrogen-bond donors (Lipinski definition) is 1. The van der Waals surface area contributed by atoms with Crippen molar-refractivity contribution in [2.45, 2.75) is 13.5 Å². The Morgan fingerprint density at radius 2 is 1.74 bits per heavy atom. The fraction of sp³-hybridized carbons (Fsp3) is 0.111. The van der Waals surface area contributed by atoms with Gasteiger partial charge in [0.25, 0.3) is 5.56 Å². The molecule has 0 aliphatic carbocycles. The predicted octanol–water partition coefficient (Wildman–Crippen LogP) is 3.50. The molecular weight excluding hydrogens is 310 g/mol. The van der Waals surface area contributed by atoms with E-state index in [1.54, 1.807) is 25.1 Å². The molecule has 2 aromatic carbocycles. The minimum absolute atomic E-state index is 0.0980. The number of aromatic nitrogens is 2. The maximum absolute atomic E-state index is 12.3. The van der Waals surface area contributed by atoms with Crippen LogP contribution in [-0.2, 0) is 6.54 Å². The van der Waals surface area contributed by atoms with Crippen molar-refractivity contribution in [2.75, 3.05) is 5.73 Å². The standard InChI is InChI=1S/C18H16ClN3O/c1-12-10-17(14-4-8-16(20)9-5-14)21-22(18(12)23)11-13-2-6-15(19)7-3-13/h2-10H,11,20H2,1H3. The van der Waals surface area contributed by atoms with Crippen LogP contribution in [0.25, 0.3) is 11.3 Å². The van der Waals surface area contributed by atoms with Crippen molar-refractivity contribution in [2.24, 2.45) is 0 Å². The third-order valence-corrected chi connectivity index (χ3v) is 3.86. The first kappa shape index (κ1) is 15.3. The van der Waals surface area contributed by atoms with Gasteiger partial charge in [0.2, 0.25) is 0 Å². The number of aryl methyl sites for hydroxylation is 1. The van der Waals surface area contributed by atoms with Gasteiger partial charge in [0.15, 0.2) is 0 Å². The number of anilines is 1. The SMILES string of the molecule is Cc1cc(-c2ccc(N)cc2)nn(Cc2ccc(Cl)cc2)c1=O. The van der Waals surface area contributed by atoms with Crippen molar-refractivity contribution in [3.8, 4) is 11.3 Å². The Kier molecular flexibility index (Phi) is 4.17. The van der Waals surface area contributed by atoms with Crippen LogP contribution in [0.5, 0.6) is 0 Å². The number of halogens is 1. The minimum atomic E-state index is -0.0980. The second-order valence-electron chi connectivity index (χ2n) is 5.42. The first-order valence-corrected chi connectivity index (χ1v) is 7.60. The van der Waals surface area contributed by atoms with Crippen LogP contribution in [0.15, 0.2) is 59.4 Å². The molecule has 4 nitrogen and oxygen atoms in total. The Morgan fingerprint density at radius 3 is 2.39 bits per heavy atom. The second-order valence-corrected chi connectivity index (χ2v) is 5.86. The van der Waals surface area contributed by atoms with E-state index in [1.165, 1.54) is 4.68 Å². The summed E-state index contributed by atoms with van der Waals surface area (Å²) < 4.78 is 1.48. The molecule has 0 aliphatic rings. The molecule has 1 heterocycles. The zero-order valence-electron chi connectivity index (χ0n) is 12.7. The molecule has 116 valence electrons. The highest BCUT2D eigenvalue weighted by molar-refractivity contribution is 6.30. The van der Waals surface area contributed by atoms with Crippen molar-refractivity contribution < 1.29 is 0 Å². The van der Waals surface area contributed by atoms with Gasteiger partial charge in [-0.15, -0.1) is 0 Å². The van der Waals surface area contributed by atoms with Crippen molar-refractivity contribution in [3.05, 3.63) is 81.1 Å². The molecule has 0 radical (unpaired) electrons. The van der Waals surface area contributed by atoms with E-state index in [0.717, 1.165) is 16.8 Å². The molecule has 0 atom stereocenters. The molecule has 0 spiro atoms. The lowest BCUT2D eigenvalue weighted by molar-refractivity contribution is 0.638. The minimum Gasteiger partial charge on any atom is -0.399 e. The third-order valence-electron chi connectivity index (χ3n) is 3.61. The topological polar surface area (TPSA) is 60.9 Å². The van der Waals surface area contributed by atoms with Crippen LogP contribution < -0.4 is 11.3 Å². The number of benzene rings is 2. The first-order chi connectivity index (χ1) is 11.0. The number of nitrogens with zero attached hydrogens (tertiary/aromatic N) is 2. The zero-order chi connectivity index (χ0) is 16.4. The molecule has 0 fully saturated rings. The largest absolute Gasteiger partial charge is 0.399 e. The summed E-state index contributed by atoms with van der Waals surface area (Å²) in [4.78, 5) is 12.3. The predicted molar refractivity (Wildman–Crippen MR) is 93.6 cm³/mol. The monoisotopic (exact) mass is 325 g/mol. The van der Waals surface area contributed by atoms with Gasteiger partial charge in [-0.3, -0.25) is 4.79 Å². The normalized spacial score (nSPS) is 10.7. The van der Waals surface area contributed by atoms with Gasteiger partial charge in [0.05, 0.1) is 12.2 Å². The maximum Gasteiger partial charge on any atom is 0.270 e. The van der Waals surface area contributed by atoms with E-state index >= 15 is 0 Å². The fourth-order valence-corrected chi connectivity index (χ4v) is 2.47. The van der Waals surface area contributed by atoms with E-state index in [9.17, 15) is 4.79 Å². The van der Waals surface area contributed by atoms with Crippen LogP contribution in [0.3, 0.4) is 0 Å². The molecule has 3 rings (SSSR count). The van der Waals surface area contributed by atoms with Gasteiger partial charge in [-0.05, 0) is 42.8 Å². The number of hydrogen-bond acceptors (Lipinski definition) is 3. The number of nitrogens with two attached hydrogens (primary N) is 1. The van der Waals surface area contributed by atoms with E-state index in [4.69, 9.17) is 17.3 Å². The molecule has 0 aliphatic heterocycles. The van der Waals surface area contributed by atoms with Gasteiger partial charge < -0.3 is 5.73 Å². The zero-order valence-corrected chi connectivity index (χ0v) is 13.4. The van der Waals surface area contributed by atoms with E-state index in [1.807, 2.05) is 36.4 Å². The van der Waals surface area contributed by atoms with Crippen LogP contribution in [0, 0.1) is 6.92 Å². The van der Waals surface area contributed by atoms with Gasteiger partial charge in [-0.25, -0.2) is 4.68 Å². The molecule has 5 heteroatoms. The van der Waals surface area contributed by atoms with E-state index in [2.05, 4.69) is 5.10 Å². The summed E-state index contributed by atoms with van der Waals surface area (Å²) in [6.45, 7) is 2.20. The molecule has 23 heavy (non-hydrogen) atoms. The van der Waals surface area contributed by atoms with Gasteiger partial charge in [0.1, 0.15) is 0 Å². The summed E-state index contributed by atoms with van der Waals surface area (Å²) in [6.07, 6.45) is 0. The Hall–Kier alpha value is -2.59. The summed E-state index contributed by atoms with van der Waals surface area (Å²) in [6, 6.07) is 16.6. The fourth-order valence-electron chi connectivity index (χ4n) is 2.34. The lowest BCUT2D eigenvalue weighted by Gasteiger charge is -2.09. The number of nitrogen functional groups attached to an aromatic ring is 1. The van der Waals surface area contributed by atoms with Gasteiger partial charge >= 0.3 is 0 Å². The average Bonchev–Trinajstić information content (AvgIpc) is 2.54. The molecule has 3 aromatic rings. The molecule has 0 unspecified atom stereocenters. The summed E-state index contributed by atoms with van der Waals surface area (Å²) >= 11 is 5.89. The van der Waals surface area contributed by atoms with Crippen LogP contribution >= 0.6 is 11.6 Å². The highest BCUT2D eigenvalue weighted by atomic mass is 35.5. The van der Waals surface area contributed by atoms with E-state index in [-0.39, 0.29) is 5.56 Å². The number of rotatable bonds is 3. The molecule has 0 saturated carbocycles. The smallest absolute Gasteiger partial charge is 0.270 e. The van der Waals surface area contributed by atoms with Crippen LogP contribution in [-0.4, -0.2) is 9.78 Å². The molecule has 0 amide bonds. The van der Waals surface area contributed by atoms with Crippen molar-refractivity contribution in [1.82, 2.24) is 9.78 Å². The highest BCUT2D eigenvalue weighted by Gasteiger charge is 2.08. The van der Waals surface area contributed by atoms with Crippen molar-refractivity contribution >= 4 is 17.3 Å².